The lowest BCUT2D eigenvalue weighted by molar-refractivity contribution is -0.145. The summed E-state index contributed by atoms with van der Waals surface area (Å²) in [5.74, 6) is -0.939. The lowest BCUT2D eigenvalue weighted by Crippen LogP contribution is -2.44. The predicted molar refractivity (Wildman–Crippen MR) is 88.8 cm³/mol. The van der Waals surface area contributed by atoms with Crippen LogP contribution >= 0.6 is 0 Å². The minimum atomic E-state index is -1.02. The minimum absolute atomic E-state index is 0.0707. The molecule has 1 aliphatic heterocycles. The molecule has 1 atom stereocenters. The van der Waals surface area contributed by atoms with Crippen LogP contribution < -0.4 is 0 Å². The lowest BCUT2D eigenvalue weighted by atomic mass is 10.1. The van der Waals surface area contributed by atoms with E-state index in [0.29, 0.717) is 37.6 Å². The molecule has 3 rings (SSSR count). The molecule has 7 nitrogen and oxygen atoms in total. The number of aryl methyl sites for hydroxylation is 1. The van der Waals surface area contributed by atoms with E-state index in [4.69, 9.17) is 9.47 Å². The van der Waals surface area contributed by atoms with Crippen molar-refractivity contribution in [1.82, 2.24) is 14.9 Å². The van der Waals surface area contributed by atoms with E-state index in [2.05, 4.69) is 9.97 Å². The number of rotatable bonds is 4. The maximum Gasteiger partial charge on any atom is 0.359 e. The molecule has 1 aromatic carbocycles. The number of amides is 1. The second-order valence-electron chi connectivity index (χ2n) is 5.68. The highest BCUT2D eigenvalue weighted by Crippen LogP contribution is 2.22. The Morgan fingerprint density at radius 3 is 2.48 bits per heavy atom. The van der Waals surface area contributed by atoms with Gasteiger partial charge in [-0.25, -0.2) is 9.78 Å². The van der Waals surface area contributed by atoms with Crippen LogP contribution in [-0.4, -0.2) is 53.0 Å². The molecule has 1 aliphatic rings. The van der Waals surface area contributed by atoms with Crippen LogP contribution in [-0.2, 0) is 14.3 Å². The first-order valence-corrected chi connectivity index (χ1v) is 8.06. The van der Waals surface area contributed by atoms with Crippen LogP contribution in [0.25, 0.3) is 0 Å². The maximum absolute atomic E-state index is 12.9. The normalized spacial score (nSPS) is 15.5. The molecular weight excluding hydrogens is 322 g/mol. The second kappa shape index (κ2) is 7.85. The molecule has 0 N–H and O–H groups in total. The molecule has 0 radical (unpaired) electrons. The van der Waals surface area contributed by atoms with Gasteiger partial charge in [0.1, 0.15) is 0 Å². The van der Waals surface area contributed by atoms with Crippen molar-refractivity contribution in [2.45, 2.75) is 13.0 Å². The number of hydrogen-bond acceptors (Lipinski definition) is 6. The van der Waals surface area contributed by atoms with Crippen molar-refractivity contribution in [3.05, 3.63) is 59.7 Å². The number of ether oxygens (including phenoxy) is 2. The van der Waals surface area contributed by atoms with Gasteiger partial charge in [-0.3, -0.25) is 9.78 Å². The quantitative estimate of drug-likeness (QED) is 0.785. The Hall–Kier alpha value is -2.80. The molecule has 0 aliphatic carbocycles. The molecule has 0 bridgehead atoms. The largest absolute Gasteiger partial charge is 0.443 e. The number of benzene rings is 1. The molecule has 0 spiro atoms. The summed E-state index contributed by atoms with van der Waals surface area (Å²) in [4.78, 5) is 35.0. The van der Waals surface area contributed by atoms with Crippen LogP contribution in [0.3, 0.4) is 0 Å². The summed E-state index contributed by atoms with van der Waals surface area (Å²) in [5.41, 5.74) is 1.38. The van der Waals surface area contributed by atoms with E-state index in [1.54, 1.807) is 36.1 Å². The molecule has 1 amide bonds. The highest BCUT2D eigenvalue weighted by Gasteiger charge is 2.31. The van der Waals surface area contributed by atoms with Crippen molar-refractivity contribution in [2.75, 3.05) is 26.3 Å². The van der Waals surface area contributed by atoms with E-state index in [9.17, 15) is 9.59 Å². The predicted octanol–water partition coefficient (Wildman–Crippen LogP) is 1.54. The molecule has 1 aromatic heterocycles. The number of nitrogens with zero attached hydrogens (tertiary/aromatic N) is 3. The second-order valence-corrected chi connectivity index (χ2v) is 5.68. The Morgan fingerprint density at radius 2 is 1.84 bits per heavy atom. The Balaban J connectivity index is 1.82. The van der Waals surface area contributed by atoms with Gasteiger partial charge in [-0.1, -0.05) is 30.3 Å². The van der Waals surface area contributed by atoms with Gasteiger partial charge in [-0.15, -0.1) is 0 Å². The Morgan fingerprint density at radius 1 is 1.12 bits per heavy atom. The molecule has 7 heteroatoms. The summed E-state index contributed by atoms with van der Waals surface area (Å²) in [6.07, 6.45) is 1.81. The number of esters is 1. The van der Waals surface area contributed by atoms with Crippen LogP contribution in [0, 0.1) is 6.92 Å². The lowest BCUT2D eigenvalue weighted by Gasteiger charge is -2.30. The van der Waals surface area contributed by atoms with Crippen LogP contribution in [0.5, 0.6) is 0 Å². The zero-order chi connectivity index (χ0) is 17.6. The number of carbonyl (C=O) groups excluding carboxylic acids is 2. The number of hydrogen-bond donors (Lipinski definition) is 0. The van der Waals surface area contributed by atoms with Gasteiger partial charge in [-0.2, -0.15) is 0 Å². The van der Waals surface area contributed by atoms with Crippen molar-refractivity contribution in [3.8, 4) is 0 Å². The van der Waals surface area contributed by atoms with Gasteiger partial charge >= 0.3 is 5.97 Å². The first-order valence-electron chi connectivity index (χ1n) is 8.06. The first kappa shape index (κ1) is 17.0. The van der Waals surface area contributed by atoms with E-state index in [1.165, 1.54) is 12.4 Å². The van der Waals surface area contributed by atoms with E-state index >= 15 is 0 Å². The summed E-state index contributed by atoms with van der Waals surface area (Å²) in [5, 5.41) is 0. The molecule has 130 valence electrons. The number of morpholine rings is 1. The minimum Gasteiger partial charge on any atom is -0.443 e. The monoisotopic (exact) mass is 341 g/mol. The summed E-state index contributed by atoms with van der Waals surface area (Å²) in [6, 6.07) is 8.96. The average Bonchev–Trinajstić information content (AvgIpc) is 2.67. The van der Waals surface area contributed by atoms with Gasteiger partial charge < -0.3 is 14.4 Å². The zero-order valence-corrected chi connectivity index (χ0v) is 13.9. The summed E-state index contributed by atoms with van der Waals surface area (Å²) in [6.45, 7) is 3.68. The Labute approximate surface area is 145 Å². The molecule has 25 heavy (non-hydrogen) atoms. The van der Waals surface area contributed by atoms with Crippen molar-refractivity contribution in [2.24, 2.45) is 0 Å². The summed E-state index contributed by atoms with van der Waals surface area (Å²) < 4.78 is 10.8. The summed E-state index contributed by atoms with van der Waals surface area (Å²) in [7, 11) is 0. The molecule has 2 heterocycles. The van der Waals surface area contributed by atoms with Gasteiger partial charge in [0.25, 0.3) is 5.91 Å². The fourth-order valence-electron chi connectivity index (χ4n) is 2.50. The van der Waals surface area contributed by atoms with Gasteiger partial charge in [0.05, 0.1) is 25.1 Å². The molecule has 1 saturated heterocycles. The third-order valence-corrected chi connectivity index (χ3v) is 3.86. The van der Waals surface area contributed by atoms with Crippen molar-refractivity contribution in [3.63, 3.8) is 0 Å². The van der Waals surface area contributed by atoms with E-state index in [-0.39, 0.29) is 11.6 Å². The molecule has 0 unspecified atom stereocenters. The van der Waals surface area contributed by atoms with Crippen LogP contribution in [0.1, 0.15) is 27.8 Å². The van der Waals surface area contributed by atoms with Crippen molar-refractivity contribution >= 4 is 11.9 Å². The Bertz CT molecular complexity index is 728. The molecule has 0 saturated carbocycles. The fraction of sp³-hybridized carbons (Fsp3) is 0.333. The third-order valence-electron chi connectivity index (χ3n) is 3.86. The number of carbonyl (C=O) groups is 2. The zero-order valence-electron chi connectivity index (χ0n) is 13.9. The molecule has 2 aromatic rings. The van der Waals surface area contributed by atoms with Gasteiger partial charge in [0.15, 0.2) is 5.69 Å². The summed E-state index contributed by atoms with van der Waals surface area (Å²) >= 11 is 0. The highest BCUT2D eigenvalue weighted by atomic mass is 16.5. The molecular formula is C18H19N3O4. The van der Waals surface area contributed by atoms with E-state index < -0.39 is 12.1 Å². The van der Waals surface area contributed by atoms with Gasteiger partial charge in [0, 0.05) is 24.8 Å². The first-order chi connectivity index (χ1) is 12.1. The standard InChI is InChI=1S/C18H19N3O4/c1-13-11-20-15(12-19-13)18(23)25-16(14-5-3-2-4-6-14)17(22)21-7-9-24-10-8-21/h2-6,11-12,16H,7-10H2,1H3/t16-/m0/s1. The average molecular weight is 341 g/mol. The van der Waals surface area contributed by atoms with E-state index in [0.717, 1.165) is 0 Å². The Kier molecular flexibility index (Phi) is 5.35. The number of aromatic nitrogens is 2. The third kappa shape index (κ3) is 4.19. The highest BCUT2D eigenvalue weighted by molar-refractivity contribution is 5.91. The van der Waals surface area contributed by atoms with Gasteiger partial charge in [0.2, 0.25) is 6.10 Å². The fourth-order valence-corrected chi connectivity index (χ4v) is 2.50. The smallest absolute Gasteiger partial charge is 0.359 e. The van der Waals surface area contributed by atoms with Crippen molar-refractivity contribution in [1.29, 1.82) is 0 Å². The van der Waals surface area contributed by atoms with Crippen LogP contribution in [0.15, 0.2) is 42.7 Å². The maximum atomic E-state index is 12.9. The topological polar surface area (TPSA) is 81.6 Å². The van der Waals surface area contributed by atoms with Crippen LogP contribution in [0.4, 0.5) is 0 Å². The molecule has 1 fully saturated rings. The van der Waals surface area contributed by atoms with Gasteiger partial charge in [-0.05, 0) is 6.92 Å². The van der Waals surface area contributed by atoms with E-state index in [1.807, 2.05) is 6.07 Å². The van der Waals surface area contributed by atoms with Crippen LogP contribution in [0.2, 0.25) is 0 Å². The van der Waals surface area contributed by atoms with Crippen molar-refractivity contribution < 1.29 is 19.1 Å². The SMILES string of the molecule is Cc1cnc(C(=O)O[C@H](C(=O)N2CCOCC2)c2ccccc2)cn1.